The summed E-state index contributed by atoms with van der Waals surface area (Å²) in [6.45, 7) is 3.80. The lowest BCUT2D eigenvalue weighted by atomic mass is 10.1. The van der Waals surface area contributed by atoms with Gasteiger partial charge < -0.3 is 14.8 Å². The van der Waals surface area contributed by atoms with Gasteiger partial charge in [0.05, 0.1) is 7.11 Å². The summed E-state index contributed by atoms with van der Waals surface area (Å²) in [5, 5.41) is 3.42. The second kappa shape index (κ2) is 8.11. The van der Waals surface area contributed by atoms with Gasteiger partial charge in [-0.15, -0.1) is 6.42 Å². The summed E-state index contributed by atoms with van der Waals surface area (Å²) in [5.74, 6) is 4.23. The highest BCUT2D eigenvalue weighted by molar-refractivity contribution is 5.37. The molecule has 22 heavy (non-hydrogen) atoms. The molecule has 3 nitrogen and oxygen atoms in total. The Bertz CT molecular complexity index is 659. The highest BCUT2D eigenvalue weighted by atomic mass is 16.5. The second-order valence-corrected chi connectivity index (χ2v) is 5.01. The van der Waals surface area contributed by atoms with Gasteiger partial charge in [0.25, 0.3) is 0 Å². The van der Waals surface area contributed by atoms with Crippen molar-refractivity contribution in [3.8, 4) is 23.8 Å². The van der Waals surface area contributed by atoms with E-state index in [2.05, 4.69) is 29.4 Å². The molecule has 2 rings (SSSR count). The quantitative estimate of drug-likeness (QED) is 0.795. The van der Waals surface area contributed by atoms with Crippen LogP contribution >= 0.6 is 0 Å². The maximum Gasteiger partial charge on any atom is 0.148 e. The minimum atomic E-state index is 0.284. The predicted octanol–water partition coefficient (Wildman–Crippen LogP) is 3.31. The zero-order chi connectivity index (χ0) is 15.8. The van der Waals surface area contributed by atoms with Gasteiger partial charge in [0, 0.05) is 18.7 Å². The number of aryl methyl sites for hydroxylation is 1. The van der Waals surface area contributed by atoms with Crippen LogP contribution in [0.1, 0.15) is 16.7 Å². The molecule has 0 bridgehead atoms. The zero-order valence-corrected chi connectivity index (χ0v) is 13.1. The van der Waals surface area contributed by atoms with Crippen molar-refractivity contribution < 1.29 is 9.47 Å². The van der Waals surface area contributed by atoms with E-state index in [1.54, 1.807) is 7.11 Å². The number of benzene rings is 2. The van der Waals surface area contributed by atoms with Gasteiger partial charge in [0.15, 0.2) is 0 Å². The van der Waals surface area contributed by atoms with Gasteiger partial charge in [-0.05, 0) is 30.2 Å². The number of rotatable bonds is 7. The molecule has 0 aliphatic rings. The molecular weight excluding hydrogens is 274 g/mol. The molecule has 0 fully saturated rings. The van der Waals surface area contributed by atoms with E-state index in [4.69, 9.17) is 15.9 Å². The van der Waals surface area contributed by atoms with Crippen LogP contribution in [0.25, 0.3) is 0 Å². The maximum absolute atomic E-state index is 5.55. The van der Waals surface area contributed by atoms with Crippen LogP contribution < -0.4 is 14.8 Å². The molecule has 0 aliphatic heterocycles. The van der Waals surface area contributed by atoms with Crippen molar-refractivity contribution >= 4 is 0 Å². The molecule has 0 spiro atoms. The molecule has 0 saturated heterocycles. The van der Waals surface area contributed by atoms with E-state index in [-0.39, 0.29) is 6.61 Å². The molecule has 0 saturated carbocycles. The summed E-state index contributed by atoms with van der Waals surface area (Å²) >= 11 is 0. The Hall–Kier alpha value is -2.44. The molecule has 0 heterocycles. The van der Waals surface area contributed by atoms with Gasteiger partial charge in [-0.1, -0.05) is 36.3 Å². The molecule has 3 heteroatoms. The standard InChI is InChI=1S/C19H21NO2/c1-4-11-22-18-8-6-5-7-17(18)14-20-13-16-10-9-15(2)19(12-16)21-3/h1,5-10,12,20H,11,13-14H2,2-3H3. The summed E-state index contributed by atoms with van der Waals surface area (Å²) in [7, 11) is 1.69. The molecule has 0 amide bonds. The van der Waals surface area contributed by atoms with Crippen LogP contribution in [-0.2, 0) is 13.1 Å². The van der Waals surface area contributed by atoms with Crippen molar-refractivity contribution in [1.82, 2.24) is 5.32 Å². The van der Waals surface area contributed by atoms with Crippen LogP contribution in [0.4, 0.5) is 0 Å². The molecule has 0 aromatic heterocycles. The Morgan fingerprint density at radius 1 is 1.09 bits per heavy atom. The fourth-order valence-corrected chi connectivity index (χ4v) is 2.23. The molecular formula is C19H21NO2. The number of terminal acetylenes is 1. The summed E-state index contributed by atoms with van der Waals surface area (Å²) in [6.07, 6.45) is 5.24. The summed E-state index contributed by atoms with van der Waals surface area (Å²) < 4.78 is 10.9. The lowest BCUT2D eigenvalue weighted by Crippen LogP contribution is -2.13. The van der Waals surface area contributed by atoms with E-state index in [1.165, 1.54) is 5.56 Å². The van der Waals surface area contributed by atoms with Gasteiger partial charge in [0.2, 0.25) is 0 Å². The first kappa shape index (κ1) is 15.9. The van der Waals surface area contributed by atoms with Crippen LogP contribution in [0.5, 0.6) is 11.5 Å². The van der Waals surface area contributed by atoms with Gasteiger partial charge in [-0.3, -0.25) is 0 Å². The topological polar surface area (TPSA) is 30.5 Å². The first-order valence-electron chi connectivity index (χ1n) is 7.23. The van der Waals surface area contributed by atoms with E-state index >= 15 is 0 Å². The fourth-order valence-electron chi connectivity index (χ4n) is 2.23. The smallest absolute Gasteiger partial charge is 0.148 e. The average Bonchev–Trinajstić information content (AvgIpc) is 2.55. The van der Waals surface area contributed by atoms with E-state index in [9.17, 15) is 0 Å². The number of hydrogen-bond donors (Lipinski definition) is 1. The van der Waals surface area contributed by atoms with Crippen molar-refractivity contribution in [2.24, 2.45) is 0 Å². The number of ether oxygens (including phenoxy) is 2. The normalized spacial score (nSPS) is 10.0. The number of para-hydroxylation sites is 1. The highest BCUT2D eigenvalue weighted by Gasteiger charge is 2.03. The molecule has 0 radical (unpaired) electrons. The van der Waals surface area contributed by atoms with Gasteiger partial charge in [-0.2, -0.15) is 0 Å². The Morgan fingerprint density at radius 3 is 2.68 bits per heavy atom. The molecule has 0 atom stereocenters. The first-order chi connectivity index (χ1) is 10.7. The lowest BCUT2D eigenvalue weighted by molar-refractivity contribution is 0.364. The molecule has 0 aliphatic carbocycles. The summed E-state index contributed by atoms with van der Waals surface area (Å²) in [6, 6.07) is 14.1. The number of nitrogens with one attached hydrogen (secondary N) is 1. The van der Waals surface area contributed by atoms with Crippen LogP contribution in [0.3, 0.4) is 0 Å². The first-order valence-corrected chi connectivity index (χ1v) is 7.23. The molecule has 1 N–H and O–H groups in total. The minimum absolute atomic E-state index is 0.284. The number of hydrogen-bond acceptors (Lipinski definition) is 3. The minimum Gasteiger partial charge on any atom is -0.496 e. The Balaban J connectivity index is 1.95. The summed E-state index contributed by atoms with van der Waals surface area (Å²) in [4.78, 5) is 0. The van der Waals surface area contributed by atoms with Crippen LogP contribution in [0.2, 0.25) is 0 Å². The van der Waals surface area contributed by atoms with Crippen LogP contribution in [0, 0.1) is 19.3 Å². The van der Waals surface area contributed by atoms with Crippen molar-refractivity contribution in [2.45, 2.75) is 20.0 Å². The Kier molecular flexibility index (Phi) is 5.88. The van der Waals surface area contributed by atoms with Crippen molar-refractivity contribution in [3.05, 3.63) is 59.2 Å². The Morgan fingerprint density at radius 2 is 1.91 bits per heavy atom. The average molecular weight is 295 g/mol. The van der Waals surface area contributed by atoms with E-state index in [0.717, 1.165) is 35.7 Å². The van der Waals surface area contributed by atoms with Crippen molar-refractivity contribution in [1.29, 1.82) is 0 Å². The van der Waals surface area contributed by atoms with E-state index in [0.29, 0.717) is 0 Å². The van der Waals surface area contributed by atoms with E-state index in [1.807, 2.05) is 31.2 Å². The SMILES string of the molecule is C#CCOc1ccccc1CNCc1ccc(C)c(OC)c1. The van der Waals surface area contributed by atoms with E-state index < -0.39 is 0 Å². The highest BCUT2D eigenvalue weighted by Crippen LogP contribution is 2.20. The molecule has 0 unspecified atom stereocenters. The van der Waals surface area contributed by atoms with Gasteiger partial charge >= 0.3 is 0 Å². The van der Waals surface area contributed by atoms with Gasteiger partial charge in [-0.25, -0.2) is 0 Å². The zero-order valence-electron chi connectivity index (χ0n) is 13.1. The van der Waals surface area contributed by atoms with Crippen molar-refractivity contribution in [3.63, 3.8) is 0 Å². The number of methoxy groups -OCH3 is 1. The van der Waals surface area contributed by atoms with Crippen LogP contribution in [0.15, 0.2) is 42.5 Å². The molecule has 2 aromatic carbocycles. The third kappa shape index (κ3) is 4.28. The lowest BCUT2D eigenvalue weighted by Gasteiger charge is -2.11. The third-order valence-corrected chi connectivity index (χ3v) is 3.40. The van der Waals surface area contributed by atoms with Crippen molar-refractivity contribution in [2.75, 3.05) is 13.7 Å². The second-order valence-electron chi connectivity index (χ2n) is 5.01. The Labute approximate surface area is 132 Å². The predicted molar refractivity (Wildman–Crippen MR) is 89.0 cm³/mol. The largest absolute Gasteiger partial charge is 0.496 e. The van der Waals surface area contributed by atoms with Crippen LogP contribution in [-0.4, -0.2) is 13.7 Å². The summed E-state index contributed by atoms with van der Waals surface area (Å²) in [5.41, 5.74) is 3.42. The fraction of sp³-hybridized carbons (Fsp3) is 0.263. The van der Waals surface area contributed by atoms with Gasteiger partial charge in [0.1, 0.15) is 18.1 Å². The monoisotopic (exact) mass is 295 g/mol. The maximum atomic E-state index is 5.55. The molecule has 114 valence electrons. The third-order valence-electron chi connectivity index (χ3n) is 3.40. The molecule has 2 aromatic rings.